The van der Waals surface area contributed by atoms with E-state index in [1.54, 1.807) is 25.1 Å². The van der Waals surface area contributed by atoms with E-state index in [0.717, 1.165) is 30.0 Å². The maximum absolute atomic E-state index is 13.3. The Balaban J connectivity index is 1.58. The van der Waals surface area contributed by atoms with Crippen LogP contribution in [0.15, 0.2) is 57.9 Å². The first-order valence-electron chi connectivity index (χ1n) is 14.2. The minimum atomic E-state index is -2.44. The summed E-state index contributed by atoms with van der Waals surface area (Å²) in [6.07, 6.45) is 0.512. The van der Waals surface area contributed by atoms with E-state index >= 15 is 0 Å². The van der Waals surface area contributed by atoms with E-state index in [-0.39, 0.29) is 23.3 Å². The smallest absolute Gasteiger partial charge is 0.255 e. The Morgan fingerprint density at radius 1 is 1.07 bits per heavy atom. The molecule has 43 heavy (non-hydrogen) atoms. The highest BCUT2D eigenvalue weighted by atomic mass is 16.4. The van der Waals surface area contributed by atoms with Gasteiger partial charge in [-0.25, -0.2) is 0 Å². The van der Waals surface area contributed by atoms with Crippen LogP contribution in [0.5, 0.6) is 5.75 Å². The number of benzene rings is 1. The molecule has 11 nitrogen and oxygen atoms in total. The summed E-state index contributed by atoms with van der Waals surface area (Å²) < 4.78 is 6.26. The van der Waals surface area contributed by atoms with Gasteiger partial charge in [0.15, 0.2) is 11.4 Å². The van der Waals surface area contributed by atoms with E-state index < -0.39 is 52.3 Å². The van der Waals surface area contributed by atoms with Crippen LogP contribution < -0.4 is 5.73 Å². The van der Waals surface area contributed by atoms with Gasteiger partial charge >= 0.3 is 0 Å². The van der Waals surface area contributed by atoms with Gasteiger partial charge < -0.3 is 35.5 Å². The molecule has 1 aromatic carbocycles. The lowest BCUT2D eigenvalue weighted by molar-refractivity contribution is -0.136. The van der Waals surface area contributed by atoms with E-state index in [2.05, 4.69) is 16.4 Å². The fourth-order valence-corrected chi connectivity index (χ4v) is 6.98. The largest absolute Gasteiger partial charge is 0.508 e. The maximum Gasteiger partial charge on any atom is 0.255 e. The zero-order valence-corrected chi connectivity index (χ0v) is 25.2. The Kier molecular flexibility index (Phi) is 7.80. The number of likely N-dealkylation sites (N-methyl/N-ethyl adjacent to an activating group) is 3. The topological polar surface area (TPSA) is 164 Å². The van der Waals surface area contributed by atoms with Gasteiger partial charge in [0.2, 0.25) is 0 Å². The number of rotatable bonds is 8. The van der Waals surface area contributed by atoms with Crippen LogP contribution in [0.4, 0.5) is 0 Å². The molecule has 0 aliphatic heterocycles. The average molecular weight is 593 g/mol. The number of primary amides is 1. The first-order valence-corrected chi connectivity index (χ1v) is 14.2. The van der Waals surface area contributed by atoms with Crippen molar-refractivity contribution in [3.63, 3.8) is 0 Å². The number of ketones is 1. The van der Waals surface area contributed by atoms with Crippen LogP contribution in [0.1, 0.15) is 23.3 Å². The molecule has 6 N–H and O–H groups in total. The Morgan fingerprint density at radius 3 is 2.40 bits per heavy atom. The van der Waals surface area contributed by atoms with Crippen LogP contribution >= 0.6 is 0 Å². The van der Waals surface area contributed by atoms with E-state index in [1.807, 2.05) is 33.3 Å². The Hall–Kier alpha value is -3.90. The van der Waals surface area contributed by atoms with Crippen molar-refractivity contribution >= 4 is 17.3 Å². The highest BCUT2D eigenvalue weighted by Crippen LogP contribution is 2.56. The second-order valence-corrected chi connectivity index (χ2v) is 12.4. The molecule has 0 bridgehead atoms. The number of Topliss-reactive ketones (excluding diaryl/α,β-unsaturated/α-hetero) is 1. The Morgan fingerprint density at radius 2 is 1.77 bits per heavy atom. The number of allylic oxidation sites excluding steroid dienone is 2. The molecule has 0 saturated heterocycles. The summed E-state index contributed by atoms with van der Waals surface area (Å²) in [6, 6.07) is 6.10. The molecule has 0 radical (unpaired) electrons. The molecule has 0 spiro atoms. The number of nitrogens with two attached hydrogens (primary N) is 1. The summed E-state index contributed by atoms with van der Waals surface area (Å²) in [4.78, 5) is 31.4. The number of furan rings is 1. The van der Waals surface area contributed by atoms with Gasteiger partial charge in [-0.2, -0.15) is 0 Å². The van der Waals surface area contributed by atoms with Gasteiger partial charge in [-0.15, -0.1) is 0 Å². The van der Waals surface area contributed by atoms with Gasteiger partial charge in [-0.05, 0) is 89.4 Å². The normalized spacial score (nSPS) is 25.5. The standard InChI is InChI=1S/C32H40N4O7/c1-16-24-17(14-21-27(35(4)5)28(38)26(31(33)41)30(40)32(21,42)29(24)39)13-20-19(8-9-22(37)25(16)20)23-10-7-18(43-23)15-36(6)12-11-34(2)3/h7-10,17,21,27,37,39-40,42H,1,11-15H2,2-6H3,(H2,33,41)/t17-,21-,27-,32-/m0/s1. The summed E-state index contributed by atoms with van der Waals surface area (Å²) in [5.41, 5.74) is 4.70. The van der Waals surface area contributed by atoms with Gasteiger partial charge in [-0.1, -0.05) is 6.58 Å². The molecule has 4 atom stereocenters. The highest BCUT2D eigenvalue weighted by molar-refractivity contribution is 6.22. The summed E-state index contributed by atoms with van der Waals surface area (Å²) in [6.45, 7) is 6.59. The number of nitrogens with zero attached hydrogens (tertiary/aromatic N) is 3. The van der Waals surface area contributed by atoms with Crippen LogP contribution in [0.3, 0.4) is 0 Å². The molecular formula is C32H40N4O7. The SMILES string of the molecule is C=C1C2=C(O)[C@]3(O)C(O)=C(C(N)=O)C(=O)[C@@H](N(C)C)[C@@H]3C[C@@H]2Cc2c(-c3ccc(CN(C)CCN(C)C)o3)ccc(O)c21. The van der Waals surface area contributed by atoms with Crippen molar-refractivity contribution in [2.24, 2.45) is 17.6 Å². The summed E-state index contributed by atoms with van der Waals surface area (Å²) in [7, 11) is 9.33. The maximum atomic E-state index is 13.3. The third kappa shape index (κ3) is 4.86. The van der Waals surface area contributed by atoms with Crippen molar-refractivity contribution in [3.8, 4) is 17.1 Å². The van der Waals surface area contributed by atoms with Crippen molar-refractivity contribution in [1.29, 1.82) is 0 Å². The molecule has 0 unspecified atom stereocenters. The molecule has 0 fully saturated rings. The van der Waals surface area contributed by atoms with Gasteiger partial charge in [0.05, 0.1) is 12.6 Å². The third-order valence-corrected chi connectivity index (χ3v) is 9.05. The van der Waals surface area contributed by atoms with Crippen LogP contribution in [-0.2, 0) is 22.6 Å². The van der Waals surface area contributed by atoms with Crippen molar-refractivity contribution in [3.05, 3.63) is 70.4 Å². The fraction of sp³-hybridized carbons (Fsp3) is 0.438. The van der Waals surface area contributed by atoms with Crippen molar-refractivity contribution < 1.29 is 34.4 Å². The van der Waals surface area contributed by atoms with E-state index in [9.17, 15) is 30.0 Å². The monoisotopic (exact) mass is 592 g/mol. The number of amides is 1. The number of aromatic hydroxyl groups is 1. The van der Waals surface area contributed by atoms with Crippen LogP contribution in [0, 0.1) is 11.8 Å². The number of aliphatic hydroxyl groups is 3. The van der Waals surface area contributed by atoms with Gasteiger partial charge in [0.1, 0.15) is 34.4 Å². The van der Waals surface area contributed by atoms with Crippen LogP contribution in [-0.4, -0.2) is 107 Å². The molecule has 0 saturated carbocycles. The molecule has 5 rings (SSSR count). The van der Waals surface area contributed by atoms with Gasteiger partial charge in [0.25, 0.3) is 5.91 Å². The molecule has 1 heterocycles. The average Bonchev–Trinajstić information content (AvgIpc) is 3.37. The Bertz CT molecular complexity index is 1570. The second-order valence-electron chi connectivity index (χ2n) is 12.4. The fourth-order valence-electron chi connectivity index (χ4n) is 6.98. The third-order valence-electron chi connectivity index (χ3n) is 9.05. The number of phenolic OH excluding ortho intramolecular Hbond substituents is 1. The molecule has 3 aliphatic rings. The van der Waals surface area contributed by atoms with Crippen molar-refractivity contribution in [1.82, 2.24) is 14.7 Å². The summed E-state index contributed by atoms with van der Waals surface area (Å²) in [5.74, 6) is -3.55. The van der Waals surface area contributed by atoms with E-state index in [1.165, 1.54) is 6.07 Å². The number of fused-ring (bicyclic) bond motifs is 3. The lowest BCUT2D eigenvalue weighted by Gasteiger charge is -2.51. The minimum Gasteiger partial charge on any atom is -0.508 e. The lowest BCUT2D eigenvalue weighted by Crippen LogP contribution is -2.62. The first kappa shape index (κ1) is 30.6. The highest BCUT2D eigenvalue weighted by Gasteiger charge is 2.61. The van der Waals surface area contributed by atoms with Crippen molar-refractivity contribution in [2.75, 3.05) is 48.3 Å². The number of hydrogen-bond acceptors (Lipinski definition) is 10. The van der Waals surface area contributed by atoms with Crippen molar-refractivity contribution in [2.45, 2.75) is 31.0 Å². The molecular weight excluding hydrogens is 552 g/mol. The van der Waals surface area contributed by atoms with Gasteiger partial charge in [-0.3, -0.25) is 19.4 Å². The number of carbonyl (C=O) groups is 2. The predicted molar refractivity (Wildman–Crippen MR) is 161 cm³/mol. The number of aliphatic hydroxyl groups excluding tert-OH is 2. The predicted octanol–water partition coefficient (Wildman–Crippen LogP) is 2.20. The molecule has 2 aromatic rings. The molecule has 11 heteroatoms. The zero-order chi connectivity index (χ0) is 31.5. The number of carbonyl (C=O) groups excluding carboxylic acids is 2. The summed E-state index contributed by atoms with van der Waals surface area (Å²) >= 11 is 0. The van der Waals surface area contributed by atoms with Gasteiger partial charge in [0, 0.05) is 35.7 Å². The minimum absolute atomic E-state index is 0.0607. The Labute approximate surface area is 250 Å². The summed E-state index contributed by atoms with van der Waals surface area (Å²) in [5, 5.41) is 45.6. The van der Waals surface area contributed by atoms with E-state index in [0.29, 0.717) is 24.3 Å². The zero-order valence-electron chi connectivity index (χ0n) is 25.2. The lowest BCUT2D eigenvalue weighted by atomic mass is 9.58. The molecule has 230 valence electrons. The second kappa shape index (κ2) is 11.0. The molecule has 1 aromatic heterocycles. The quantitative estimate of drug-likeness (QED) is 0.287. The van der Waals surface area contributed by atoms with Crippen LogP contribution in [0.25, 0.3) is 16.9 Å². The molecule has 3 aliphatic carbocycles. The first-order chi connectivity index (χ1) is 20.2. The number of phenols is 1. The van der Waals surface area contributed by atoms with E-state index in [4.69, 9.17) is 10.2 Å². The number of hydrogen-bond donors (Lipinski definition) is 5. The molecule has 1 amide bonds. The van der Waals surface area contributed by atoms with Crippen LogP contribution in [0.2, 0.25) is 0 Å².